The normalized spacial score (nSPS) is 30.2. The van der Waals surface area contributed by atoms with Crippen LogP contribution in [0.1, 0.15) is 37.8 Å². The van der Waals surface area contributed by atoms with Gasteiger partial charge in [-0.2, -0.15) is 0 Å². The molecule has 138 valence electrons. The fourth-order valence-corrected chi connectivity index (χ4v) is 5.10. The molecule has 2 bridgehead atoms. The molecule has 1 aromatic rings. The number of guanidine groups is 1. The van der Waals surface area contributed by atoms with E-state index in [2.05, 4.69) is 25.3 Å². The smallest absolute Gasteiger partial charge is 0.193 e. The van der Waals surface area contributed by atoms with Crippen molar-refractivity contribution in [1.29, 1.82) is 0 Å². The van der Waals surface area contributed by atoms with E-state index >= 15 is 0 Å². The Morgan fingerprint density at radius 2 is 2.16 bits per heavy atom. The van der Waals surface area contributed by atoms with Gasteiger partial charge in [0.15, 0.2) is 5.96 Å². The monoisotopic (exact) mass is 345 g/mol. The van der Waals surface area contributed by atoms with E-state index < -0.39 is 0 Å². The molecule has 1 aromatic heterocycles. The molecule has 2 saturated carbocycles. The molecule has 4 rings (SSSR count). The van der Waals surface area contributed by atoms with Crippen LogP contribution in [-0.4, -0.2) is 60.7 Å². The molecule has 3 aliphatic rings. The van der Waals surface area contributed by atoms with Gasteiger partial charge < -0.3 is 14.7 Å². The molecule has 3 atom stereocenters. The highest BCUT2D eigenvalue weighted by Crippen LogP contribution is 2.49. The van der Waals surface area contributed by atoms with Crippen LogP contribution >= 0.6 is 0 Å². The van der Waals surface area contributed by atoms with Gasteiger partial charge in [0.2, 0.25) is 0 Å². The second kappa shape index (κ2) is 7.77. The molecular formula is C19H31N5O. The van der Waals surface area contributed by atoms with Crippen LogP contribution in [0.3, 0.4) is 0 Å². The third-order valence-electron chi connectivity index (χ3n) is 6.44. The highest BCUT2D eigenvalue weighted by molar-refractivity contribution is 5.79. The molecule has 0 spiro atoms. The van der Waals surface area contributed by atoms with E-state index in [-0.39, 0.29) is 0 Å². The highest BCUT2D eigenvalue weighted by atomic mass is 16.5. The Labute approximate surface area is 150 Å². The van der Waals surface area contributed by atoms with E-state index in [1.54, 1.807) is 6.26 Å². The third kappa shape index (κ3) is 4.00. The van der Waals surface area contributed by atoms with Gasteiger partial charge in [-0.3, -0.25) is 9.89 Å². The number of aliphatic imine (C=N–C) groups is 1. The summed E-state index contributed by atoms with van der Waals surface area (Å²) in [7, 11) is 1.90. The molecule has 1 N–H and O–H groups in total. The number of piperazine rings is 1. The summed E-state index contributed by atoms with van der Waals surface area (Å²) in [5.41, 5.74) is 1.02. The molecule has 25 heavy (non-hydrogen) atoms. The molecule has 0 amide bonds. The van der Waals surface area contributed by atoms with Crippen LogP contribution in [0.25, 0.3) is 0 Å². The Hall–Kier alpha value is -1.56. The average Bonchev–Trinajstić information content (AvgIpc) is 3.38. The van der Waals surface area contributed by atoms with Gasteiger partial charge in [0.25, 0.3) is 0 Å². The summed E-state index contributed by atoms with van der Waals surface area (Å²) >= 11 is 0. The van der Waals surface area contributed by atoms with Crippen molar-refractivity contribution in [2.45, 2.75) is 38.6 Å². The number of aromatic nitrogens is 1. The van der Waals surface area contributed by atoms with E-state index in [0.717, 1.165) is 68.7 Å². The van der Waals surface area contributed by atoms with Gasteiger partial charge in [0.05, 0.1) is 5.69 Å². The Balaban J connectivity index is 1.18. The maximum absolute atomic E-state index is 4.92. The van der Waals surface area contributed by atoms with Gasteiger partial charge in [0.1, 0.15) is 6.26 Å². The van der Waals surface area contributed by atoms with Gasteiger partial charge in [0, 0.05) is 52.4 Å². The minimum Gasteiger partial charge on any atom is -0.364 e. The summed E-state index contributed by atoms with van der Waals surface area (Å²) in [5, 5.41) is 7.62. The second-order valence-corrected chi connectivity index (χ2v) is 7.95. The molecule has 2 heterocycles. The van der Waals surface area contributed by atoms with Crippen molar-refractivity contribution < 1.29 is 4.52 Å². The van der Waals surface area contributed by atoms with Gasteiger partial charge in [-0.1, -0.05) is 11.6 Å². The Morgan fingerprint density at radius 1 is 1.28 bits per heavy atom. The van der Waals surface area contributed by atoms with Crippen LogP contribution in [0.4, 0.5) is 0 Å². The molecule has 0 aromatic carbocycles. The lowest BCUT2D eigenvalue weighted by Crippen LogP contribution is -2.52. The molecule has 6 nitrogen and oxygen atoms in total. The maximum atomic E-state index is 4.92. The summed E-state index contributed by atoms with van der Waals surface area (Å²) in [6.45, 7) is 6.07. The summed E-state index contributed by atoms with van der Waals surface area (Å²) in [6, 6.07) is 1.95. The van der Waals surface area contributed by atoms with Crippen molar-refractivity contribution in [1.82, 2.24) is 20.3 Å². The highest BCUT2D eigenvalue weighted by Gasteiger charge is 2.38. The van der Waals surface area contributed by atoms with Crippen LogP contribution in [-0.2, 0) is 6.54 Å². The fraction of sp³-hybridized carbons (Fsp3) is 0.789. The lowest BCUT2D eigenvalue weighted by atomic mass is 9.86. The minimum absolute atomic E-state index is 0.876. The van der Waals surface area contributed by atoms with Crippen molar-refractivity contribution in [2.75, 3.05) is 39.8 Å². The summed E-state index contributed by atoms with van der Waals surface area (Å²) in [6.07, 6.45) is 8.92. The number of fused-ring (bicyclic) bond motifs is 2. The van der Waals surface area contributed by atoms with E-state index in [4.69, 9.17) is 4.52 Å². The Morgan fingerprint density at radius 3 is 2.80 bits per heavy atom. The van der Waals surface area contributed by atoms with Crippen molar-refractivity contribution in [3.8, 4) is 0 Å². The number of nitrogens with zero attached hydrogens (tertiary/aromatic N) is 4. The average molecular weight is 345 g/mol. The summed E-state index contributed by atoms with van der Waals surface area (Å²) < 4.78 is 4.92. The van der Waals surface area contributed by atoms with Crippen molar-refractivity contribution >= 4 is 5.96 Å². The zero-order valence-corrected chi connectivity index (χ0v) is 15.4. The lowest BCUT2D eigenvalue weighted by molar-refractivity contribution is 0.169. The summed E-state index contributed by atoms with van der Waals surface area (Å²) in [5.74, 6) is 4.11. The molecule has 1 saturated heterocycles. The summed E-state index contributed by atoms with van der Waals surface area (Å²) in [4.78, 5) is 9.33. The van der Waals surface area contributed by atoms with E-state index in [1.165, 1.54) is 32.1 Å². The van der Waals surface area contributed by atoms with Gasteiger partial charge in [-0.25, -0.2) is 0 Å². The number of nitrogens with one attached hydrogen (secondary N) is 1. The topological polar surface area (TPSA) is 56.9 Å². The molecule has 3 unspecified atom stereocenters. The van der Waals surface area contributed by atoms with Crippen LogP contribution in [0.15, 0.2) is 21.8 Å². The van der Waals surface area contributed by atoms with E-state index in [1.807, 2.05) is 13.1 Å². The van der Waals surface area contributed by atoms with E-state index in [0.29, 0.717) is 0 Å². The second-order valence-electron chi connectivity index (χ2n) is 7.95. The fourth-order valence-electron chi connectivity index (χ4n) is 5.10. The van der Waals surface area contributed by atoms with Gasteiger partial charge >= 0.3 is 0 Å². The van der Waals surface area contributed by atoms with Crippen molar-refractivity contribution in [3.63, 3.8) is 0 Å². The van der Waals surface area contributed by atoms with Crippen LogP contribution < -0.4 is 5.32 Å². The molecule has 6 heteroatoms. The number of rotatable bonds is 5. The first-order valence-corrected chi connectivity index (χ1v) is 9.89. The molecular weight excluding hydrogens is 314 g/mol. The predicted octanol–water partition coefficient (Wildman–Crippen LogP) is 2.19. The number of hydrogen-bond donors (Lipinski definition) is 1. The largest absolute Gasteiger partial charge is 0.364 e. The number of hydrogen-bond acceptors (Lipinski definition) is 4. The van der Waals surface area contributed by atoms with E-state index in [9.17, 15) is 0 Å². The molecule has 0 radical (unpaired) electrons. The molecule has 1 aliphatic heterocycles. The van der Waals surface area contributed by atoms with Crippen LogP contribution in [0, 0.1) is 17.8 Å². The quantitative estimate of drug-likeness (QED) is 0.655. The lowest BCUT2D eigenvalue weighted by Gasteiger charge is -2.36. The Kier molecular flexibility index (Phi) is 5.25. The molecule has 3 fully saturated rings. The first-order chi connectivity index (χ1) is 12.3. The van der Waals surface area contributed by atoms with Gasteiger partial charge in [-0.15, -0.1) is 0 Å². The zero-order valence-electron chi connectivity index (χ0n) is 15.4. The van der Waals surface area contributed by atoms with Crippen molar-refractivity contribution in [3.05, 3.63) is 18.0 Å². The standard InChI is InChI=1S/C19H31N5O/c1-20-19(21-6-4-17-13-15-2-3-16(17)12-15)24-9-7-23(8-10-24)14-18-5-11-25-22-18/h5,11,15-17H,2-4,6-10,12-14H2,1H3,(H,20,21). The Bertz CT molecular complexity index is 564. The minimum atomic E-state index is 0.876. The maximum Gasteiger partial charge on any atom is 0.193 e. The SMILES string of the molecule is CN=C(NCCC1CC2CCC1C2)N1CCN(Cc2ccon2)CC1. The van der Waals surface area contributed by atoms with Crippen LogP contribution in [0.5, 0.6) is 0 Å². The van der Waals surface area contributed by atoms with Crippen LogP contribution in [0.2, 0.25) is 0 Å². The first kappa shape index (κ1) is 16.9. The third-order valence-corrected chi connectivity index (χ3v) is 6.44. The first-order valence-electron chi connectivity index (χ1n) is 9.89. The zero-order chi connectivity index (χ0) is 17.1. The van der Waals surface area contributed by atoms with Crippen molar-refractivity contribution in [2.24, 2.45) is 22.7 Å². The predicted molar refractivity (Wildman–Crippen MR) is 98.3 cm³/mol. The van der Waals surface area contributed by atoms with Gasteiger partial charge in [-0.05, 0) is 43.4 Å². The molecule has 2 aliphatic carbocycles.